The summed E-state index contributed by atoms with van der Waals surface area (Å²) in [5.74, 6) is 0.951. The lowest BCUT2D eigenvalue weighted by Crippen LogP contribution is -2.46. The summed E-state index contributed by atoms with van der Waals surface area (Å²) in [6, 6.07) is 10.8. The first-order valence-electron chi connectivity index (χ1n) is 6.95. The molecule has 0 spiro atoms. The number of pyridine rings is 1. The number of hydrogen-bond acceptors (Lipinski definition) is 2. The van der Waals surface area contributed by atoms with E-state index >= 15 is 0 Å². The van der Waals surface area contributed by atoms with E-state index in [-0.39, 0.29) is 0 Å². The average Bonchev–Trinajstić information content (AvgIpc) is 2.75. The van der Waals surface area contributed by atoms with E-state index in [1.807, 2.05) is 24.4 Å². The highest BCUT2D eigenvalue weighted by Crippen LogP contribution is 2.24. The minimum absolute atomic E-state index is 0.615. The van der Waals surface area contributed by atoms with E-state index in [4.69, 9.17) is 4.74 Å². The van der Waals surface area contributed by atoms with Crippen molar-refractivity contribution in [2.24, 2.45) is 0 Å². The molecule has 1 aromatic carbocycles. The van der Waals surface area contributed by atoms with Gasteiger partial charge in [-0.25, -0.2) is 0 Å². The van der Waals surface area contributed by atoms with Crippen LogP contribution in [0, 0.1) is 0 Å². The SMILES string of the molecule is C[N+]1(C)CCC[C@H]1COc1ccc2ncccc2c1. The van der Waals surface area contributed by atoms with Gasteiger partial charge in [-0.1, -0.05) is 6.07 Å². The molecule has 2 heterocycles. The topological polar surface area (TPSA) is 22.1 Å². The summed E-state index contributed by atoms with van der Waals surface area (Å²) < 4.78 is 7.07. The van der Waals surface area contributed by atoms with Gasteiger partial charge < -0.3 is 9.22 Å². The molecule has 0 bridgehead atoms. The molecular formula is C16H21N2O+. The van der Waals surface area contributed by atoms with E-state index in [0.29, 0.717) is 6.04 Å². The molecule has 3 rings (SSSR count). The molecule has 19 heavy (non-hydrogen) atoms. The van der Waals surface area contributed by atoms with E-state index < -0.39 is 0 Å². The second kappa shape index (κ2) is 4.82. The fraction of sp³-hybridized carbons (Fsp3) is 0.438. The van der Waals surface area contributed by atoms with Crippen LogP contribution in [-0.4, -0.2) is 42.8 Å². The van der Waals surface area contributed by atoms with E-state index in [2.05, 4.69) is 31.2 Å². The summed E-state index contributed by atoms with van der Waals surface area (Å²) >= 11 is 0. The minimum atomic E-state index is 0.615. The maximum absolute atomic E-state index is 5.99. The highest BCUT2D eigenvalue weighted by atomic mass is 16.5. The Hall–Kier alpha value is -1.61. The second-order valence-electron chi connectivity index (χ2n) is 5.97. The number of hydrogen-bond donors (Lipinski definition) is 0. The summed E-state index contributed by atoms with van der Waals surface area (Å²) in [7, 11) is 4.59. The highest BCUT2D eigenvalue weighted by Gasteiger charge is 2.34. The molecule has 1 saturated heterocycles. The molecule has 0 amide bonds. The molecule has 2 aromatic rings. The summed E-state index contributed by atoms with van der Waals surface area (Å²) in [4.78, 5) is 4.32. The van der Waals surface area contributed by atoms with Crippen LogP contribution in [0.3, 0.4) is 0 Å². The number of likely N-dealkylation sites (tertiary alicyclic amines) is 1. The third kappa shape index (κ3) is 2.56. The molecule has 1 aliphatic rings. The summed E-state index contributed by atoms with van der Waals surface area (Å²) in [6.45, 7) is 2.06. The van der Waals surface area contributed by atoms with Crippen molar-refractivity contribution >= 4 is 10.9 Å². The monoisotopic (exact) mass is 257 g/mol. The van der Waals surface area contributed by atoms with Crippen LogP contribution in [0.1, 0.15) is 12.8 Å². The Kier molecular flexibility index (Phi) is 3.15. The van der Waals surface area contributed by atoms with Gasteiger partial charge in [0, 0.05) is 24.4 Å². The minimum Gasteiger partial charge on any atom is -0.487 e. The molecule has 0 aliphatic carbocycles. The lowest BCUT2D eigenvalue weighted by atomic mass is 10.2. The molecule has 0 unspecified atom stereocenters. The van der Waals surface area contributed by atoms with Crippen LogP contribution in [0.5, 0.6) is 5.75 Å². The molecule has 0 saturated carbocycles. The van der Waals surface area contributed by atoms with Crippen LogP contribution in [0.15, 0.2) is 36.5 Å². The smallest absolute Gasteiger partial charge is 0.140 e. The number of quaternary nitrogens is 1. The van der Waals surface area contributed by atoms with E-state index in [0.717, 1.165) is 27.7 Å². The van der Waals surface area contributed by atoms with E-state index in [1.54, 1.807) is 0 Å². The van der Waals surface area contributed by atoms with E-state index in [1.165, 1.54) is 19.4 Å². The van der Waals surface area contributed by atoms with Gasteiger partial charge in [-0.15, -0.1) is 0 Å². The van der Waals surface area contributed by atoms with Crippen molar-refractivity contribution in [3.05, 3.63) is 36.5 Å². The Balaban J connectivity index is 1.72. The summed E-state index contributed by atoms with van der Waals surface area (Å²) in [6.07, 6.45) is 4.40. The molecule has 1 aromatic heterocycles. The Morgan fingerprint density at radius 2 is 2.21 bits per heavy atom. The molecule has 100 valence electrons. The van der Waals surface area contributed by atoms with Gasteiger partial charge in [-0.05, 0) is 24.3 Å². The van der Waals surface area contributed by atoms with Crippen LogP contribution >= 0.6 is 0 Å². The van der Waals surface area contributed by atoms with Crippen molar-refractivity contribution in [1.82, 2.24) is 4.98 Å². The Bertz CT molecular complexity index is 580. The summed E-state index contributed by atoms with van der Waals surface area (Å²) in [5, 5.41) is 1.14. The molecule has 0 radical (unpaired) electrons. The Labute approximate surface area is 114 Å². The van der Waals surface area contributed by atoms with Gasteiger partial charge in [0.2, 0.25) is 0 Å². The zero-order chi connectivity index (χ0) is 13.3. The zero-order valence-electron chi connectivity index (χ0n) is 11.7. The van der Waals surface area contributed by atoms with Gasteiger partial charge in [-0.2, -0.15) is 0 Å². The first-order chi connectivity index (χ1) is 9.15. The lowest BCUT2D eigenvalue weighted by Gasteiger charge is -2.31. The predicted octanol–water partition coefficient (Wildman–Crippen LogP) is 2.85. The van der Waals surface area contributed by atoms with Crippen molar-refractivity contribution in [2.45, 2.75) is 18.9 Å². The van der Waals surface area contributed by atoms with Gasteiger partial charge >= 0.3 is 0 Å². The van der Waals surface area contributed by atoms with Gasteiger partial charge in [0.15, 0.2) is 0 Å². The normalized spacial score (nSPS) is 21.7. The number of fused-ring (bicyclic) bond motifs is 1. The van der Waals surface area contributed by atoms with Crippen LogP contribution in [-0.2, 0) is 0 Å². The Morgan fingerprint density at radius 1 is 1.32 bits per heavy atom. The number of ether oxygens (including phenoxy) is 1. The Morgan fingerprint density at radius 3 is 3.00 bits per heavy atom. The lowest BCUT2D eigenvalue weighted by molar-refractivity contribution is -0.902. The summed E-state index contributed by atoms with van der Waals surface area (Å²) in [5.41, 5.74) is 1.02. The predicted molar refractivity (Wildman–Crippen MR) is 77.2 cm³/mol. The zero-order valence-corrected chi connectivity index (χ0v) is 11.7. The van der Waals surface area contributed by atoms with Gasteiger partial charge in [-0.3, -0.25) is 4.98 Å². The van der Waals surface area contributed by atoms with Crippen LogP contribution < -0.4 is 4.74 Å². The number of aromatic nitrogens is 1. The molecular weight excluding hydrogens is 236 g/mol. The fourth-order valence-corrected chi connectivity index (χ4v) is 2.89. The van der Waals surface area contributed by atoms with Crippen LogP contribution in [0.25, 0.3) is 10.9 Å². The fourth-order valence-electron chi connectivity index (χ4n) is 2.89. The third-order valence-electron chi connectivity index (χ3n) is 4.28. The maximum Gasteiger partial charge on any atom is 0.140 e. The molecule has 1 aliphatic heterocycles. The molecule has 3 heteroatoms. The molecule has 1 atom stereocenters. The van der Waals surface area contributed by atoms with Crippen molar-refractivity contribution < 1.29 is 9.22 Å². The van der Waals surface area contributed by atoms with Gasteiger partial charge in [0.25, 0.3) is 0 Å². The standard InChI is InChI=1S/C16H21N2O/c1-18(2)10-4-6-14(18)12-19-15-7-8-16-13(11-15)5-3-9-17-16/h3,5,7-9,11,14H,4,6,10,12H2,1-2H3/q+1/t14-/m0/s1. The quantitative estimate of drug-likeness (QED) is 0.789. The van der Waals surface area contributed by atoms with Crippen molar-refractivity contribution in [2.75, 3.05) is 27.2 Å². The van der Waals surface area contributed by atoms with Gasteiger partial charge in [0.1, 0.15) is 18.4 Å². The first-order valence-corrected chi connectivity index (χ1v) is 6.95. The van der Waals surface area contributed by atoms with Crippen molar-refractivity contribution in [3.8, 4) is 5.75 Å². The molecule has 0 N–H and O–H groups in total. The second-order valence-corrected chi connectivity index (χ2v) is 5.97. The molecule has 1 fully saturated rings. The number of likely N-dealkylation sites (N-methyl/N-ethyl adjacent to an activating group) is 1. The van der Waals surface area contributed by atoms with E-state index in [9.17, 15) is 0 Å². The van der Waals surface area contributed by atoms with Crippen LogP contribution in [0.2, 0.25) is 0 Å². The number of benzene rings is 1. The number of rotatable bonds is 3. The maximum atomic E-state index is 5.99. The molecule has 3 nitrogen and oxygen atoms in total. The van der Waals surface area contributed by atoms with Crippen molar-refractivity contribution in [3.63, 3.8) is 0 Å². The highest BCUT2D eigenvalue weighted by molar-refractivity contribution is 5.79. The largest absolute Gasteiger partial charge is 0.487 e. The van der Waals surface area contributed by atoms with Gasteiger partial charge in [0.05, 0.1) is 26.2 Å². The average molecular weight is 257 g/mol. The first kappa shape index (κ1) is 12.4. The third-order valence-corrected chi connectivity index (χ3v) is 4.28. The number of nitrogens with zero attached hydrogens (tertiary/aromatic N) is 2. The van der Waals surface area contributed by atoms with Crippen LogP contribution in [0.4, 0.5) is 0 Å². The van der Waals surface area contributed by atoms with Crippen molar-refractivity contribution in [1.29, 1.82) is 0 Å².